The van der Waals surface area contributed by atoms with E-state index in [4.69, 9.17) is 9.26 Å². The predicted molar refractivity (Wildman–Crippen MR) is 110 cm³/mol. The smallest absolute Gasteiger partial charge is 0.262 e. The lowest BCUT2D eigenvalue weighted by atomic mass is 9.99. The van der Waals surface area contributed by atoms with Crippen LogP contribution in [0.1, 0.15) is 25.3 Å². The Labute approximate surface area is 170 Å². The number of nitrogens with zero attached hydrogens (tertiary/aromatic N) is 3. The van der Waals surface area contributed by atoms with Crippen LogP contribution in [0.5, 0.6) is 5.75 Å². The zero-order chi connectivity index (χ0) is 20.2. The highest BCUT2D eigenvalue weighted by atomic mass is 16.5. The van der Waals surface area contributed by atoms with Crippen LogP contribution in [0, 0.1) is 12.8 Å². The van der Waals surface area contributed by atoms with E-state index in [-0.39, 0.29) is 12.5 Å². The van der Waals surface area contributed by atoms with Crippen LogP contribution in [0.4, 0.5) is 0 Å². The first-order chi connectivity index (χ1) is 14.1. The van der Waals surface area contributed by atoms with Gasteiger partial charge >= 0.3 is 0 Å². The summed E-state index contributed by atoms with van der Waals surface area (Å²) >= 11 is 0. The number of rotatable bonds is 5. The van der Waals surface area contributed by atoms with E-state index in [1.807, 2.05) is 60.4 Å². The zero-order valence-electron chi connectivity index (χ0n) is 16.8. The minimum Gasteiger partial charge on any atom is -0.483 e. The summed E-state index contributed by atoms with van der Waals surface area (Å²) in [7, 11) is 0. The molecule has 4 rings (SSSR count). The van der Waals surface area contributed by atoms with Gasteiger partial charge in [0.05, 0.1) is 5.56 Å². The van der Waals surface area contributed by atoms with Crippen molar-refractivity contribution in [2.45, 2.75) is 26.7 Å². The standard InChI is InChI=1S/C23H25N3O3/c1-16-10-12-26(13-11-16)21(27)15-28-20-9-4-3-8-19(20)23-24-22(25-29-23)18-7-5-6-17(2)14-18/h3-9,14,16H,10-13,15H2,1-2H3. The number of aryl methyl sites for hydroxylation is 1. The lowest BCUT2D eigenvalue weighted by Gasteiger charge is -2.30. The van der Waals surface area contributed by atoms with Crippen LogP contribution in [0.2, 0.25) is 0 Å². The molecule has 3 aromatic rings. The molecule has 0 spiro atoms. The van der Waals surface area contributed by atoms with Crippen LogP contribution in [-0.4, -0.2) is 40.6 Å². The first kappa shape index (κ1) is 19.2. The minimum absolute atomic E-state index is 0.00423. The molecule has 2 aromatic carbocycles. The van der Waals surface area contributed by atoms with E-state index in [9.17, 15) is 4.79 Å². The lowest BCUT2D eigenvalue weighted by molar-refractivity contribution is -0.134. The number of likely N-dealkylation sites (tertiary alicyclic amines) is 1. The van der Waals surface area contributed by atoms with Gasteiger partial charge in [0, 0.05) is 18.7 Å². The van der Waals surface area contributed by atoms with Crippen LogP contribution >= 0.6 is 0 Å². The molecule has 1 amide bonds. The second kappa shape index (κ2) is 8.47. The van der Waals surface area contributed by atoms with Crippen molar-refractivity contribution in [3.63, 3.8) is 0 Å². The van der Waals surface area contributed by atoms with Crippen LogP contribution in [-0.2, 0) is 4.79 Å². The molecule has 0 saturated carbocycles. The molecule has 1 aliphatic rings. The van der Waals surface area contributed by atoms with E-state index in [0.717, 1.165) is 37.1 Å². The molecule has 0 radical (unpaired) electrons. The summed E-state index contributed by atoms with van der Waals surface area (Å²) in [5.41, 5.74) is 2.70. The Kier molecular flexibility index (Phi) is 5.60. The van der Waals surface area contributed by atoms with Crippen molar-refractivity contribution in [3.8, 4) is 28.6 Å². The number of hydrogen-bond donors (Lipinski definition) is 0. The average molecular weight is 391 g/mol. The average Bonchev–Trinajstić information content (AvgIpc) is 3.23. The molecule has 0 aliphatic carbocycles. The van der Waals surface area contributed by atoms with Crippen molar-refractivity contribution in [2.24, 2.45) is 5.92 Å². The maximum Gasteiger partial charge on any atom is 0.262 e. The number of piperidine rings is 1. The summed E-state index contributed by atoms with van der Waals surface area (Å²) in [6, 6.07) is 15.4. The maximum absolute atomic E-state index is 12.5. The fourth-order valence-corrected chi connectivity index (χ4v) is 3.49. The molecule has 0 bridgehead atoms. The van der Waals surface area contributed by atoms with Gasteiger partial charge in [-0.05, 0) is 43.9 Å². The van der Waals surface area contributed by atoms with Gasteiger partial charge in [0.2, 0.25) is 5.82 Å². The van der Waals surface area contributed by atoms with Crippen LogP contribution in [0.3, 0.4) is 0 Å². The number of ether oxygens (including phenoxy) is 1. The molecule has 0 unspecified atom stereocenters. The highest BCUT2D eigenvalue weighted by Crippen LogP contribution is 2.30. The van der Waals surface area contributed by atoms with Gasteiger partial charge in [-0.2, -0.15) is 4.98 Å². The summed E-state index contributed by atoms with van der Waals surface area (Å²) in [4.78, 5) is 18.9. The van der Waals surface area contributed by atoms with E-state index >= 15 is 0 Å². The highest BCUT2D eigenvalue weighted by molar-refractivity contribution is 5.78. The Morgan fingerprint density at radius 3 is 2.76 bits per heavy atom. The normalized spacial score (nSPS) is 14.8. The van der Waals surface area contributed by atoms with Crippen molar-refractivity contribution in [3.05, 3.63) is 54.1 Å². The number of aromatic nitrogens is 2. The van der Waals surface area contributed by atoms with Gasteiger partial charge in [-0.15, -0.1) is 0 Å². The van der Waals surface area contributed by atoms with Gasteiger partial charge in [-0.25, -0.2) is 0 Å². The molecule has 0 atom stereocenters. The number of hydrogen-bond acceptors (Lipinski definition) is 5. The molecule has 150 valence electrons. The molecule has 6 nitrogen and oxygen atoms in total. The van der Waals surface area contributed by atoms with Gasteiger partial charge in [0.25, 0.3) is 11.8 Å². The molecular weight excluding hydrogens is 366 g/mol. The van der Waals surface area contributed by atoms with Gasteiger partial charge < -0.3 is 14.2 Å². The molecule has 1 aromatic heterocycles. The summed E-state index contributed by atoms with van der Waals surface area (Å²) in [6.45, 7) is 5.85. The first-order valence-corrected chi connectivity index (χ1v) is 10.0. The minimum atomic E-state index is 0.00423. The third-order valence-electron chi connectivity index (χ3n) is 5.31. The fourth-order valence-electron chi connectivity index (χ4n) is 3.49. The first-order valence-electron chi connectivity index (χ1n) is 10.0. The molecule has 1 fully saturated rings. The number of amides is 1. The second-order valence-corrected chi connectivity index (χ2v) is 7.64. The molecule has 0 N–H and O–H groups in total. The molecule has 6 heteroatoms. The highest BCUT2D eigenvalue weighted by Gasteiger charge is 2.21. The molecule has 1 aliphatic heterocycles. The van der Waals surface area contributed by atoms with Crippen molar-refractivity contribution in [2.75, 3.05) is 19.7 Å². The lowest BCUT2D eigenvalue weighted by Crippen LogP contribution is -2.40. The maximum atomic E-state index is 12.5. The second-order valence-electron chi connectivity index (χ2n) is 7.64. The molecule has 1 saturated heterocycles. The summed E-state index contributed by atoms with van der Waals surface area (Å²) in [5.74, 6) is 2.15. The van der Waals surface area contributed by atoms with Gasteiger partial charge in [-0.1, -0.05) is 48.0 Å². The molecule has 29 heavy (non-hydrogen) atoms. The van der Waals surface area contributed by atoms with Crippen molar-refractivity contribution in [1.29, 1.82) is 0 Å². The quantitative estimate of drug-likeness (QED) is 0.647. The van der Waals surface area contributed by atoms with Crippen molar-refractivity contribution < 1.29 is 14.1 Å². The predicted octanol–water partition coefficient (Wildman–Crippen LogP) is 4.35. The van der Waals surface area contributed by atoms with Crippen molar-refractivity contribution >= 4 is 5.91 Å². The van der Waals surface area contributed by atoms with Crippen LogP contribution < -0.4 is 4.74 Å². The number of benzene rings is 2. The van der Waals surface area contributed by atoms with Crippen LogP contribution in [0.15, 0.2) is 53.1 Å². The Bertz CT molecular complexity index is 990. The van der Waals surface area contributed by atoms with Gasteiger partial charge in [0.15, 0.2) is 6.61 Å². The fraction of sp³-hybridized carbons (Fsp3) is 0.348. The van der Waals surface area contributed by atoms with E-state index in [1.165, 1.54) is 0 Å². The molecular formula is C23H25N3O3. The Morgan fingerprint density at radius 1 is 1.17 bits per heavy atom. The Hall–Kier alpha value is -3.15. The topological polar surface area (TPSA) is 68.5 Å². The summed E-state index contributed by atoms with van der Waals surface area (Å²) in [5, 5.41) is 4.10. The number of carbonyl (C=O) groups excluding carboxylic acids is 1. The van der Waals surface area contributed by atoms with E-state index < -0.39 is 0 Å². The van der Waals surface area contributed by atoms with Gasteiger partial charge in [-0.3, -0.25) is 4.79 Å². The molecule has 2 heterocycles. The van der Waals surface area contributed by atoms with Crippen LogP contribution in [0.25, 0.3) is 22.8 Å². The van der Waals surface area contributed by atoms with E-state index in [2.05, 4.69) is 17.1 Å². The third kappa shape index (κ3) is 4.47. The number of carbonyl (C=O) groups is 1. The summed E-state index contributed by atoms with van der Waals surface area (Å²) in [6.07, 6.45) is 2.10. The monoisotopic (exact) mass is 391 g/mol. The van der Waals surface area contributed by atoms with E-state index in [1.54, 1.807) is 0 Å². The zero-order valence-corrected chi connectivity index (χ0v) is 16.8. The Morgan fingerprint density at radius 2 is 1.97 bits per heavy atom. The third-order valence-corrected chi connectivity index (χ3v) is 5.31. The summed E-state index contributed by atoms with van der Waals surface area (Å²) < 4.78 is 11.3. The SMILES string of the molecule is Cc1cccc(-c2noc(-c3ccccc3OCC(=O)N3CCC(C)CC3)n2)c1. The van der Waals surface area contributed by atoms with Gasteiger partial charge in [0.1, 0.15) is 5.75 Å². The largest absolute Gasteiger partial charge is 0.483 e. The van der Waals surface area contributed by atoms with Crippen molar-refractivity contribution in [1.82, 2.24) is 15.0 Å². The number of para-hydroxylation sites is 1. The van der Waals surface area contributed by atoms with E-state index in [0.29, 0.717) is 28.9 Å². The Balaban J connectivity index is 1.48.